The number of aromatic nitrogens is 1. The lowest BCUT2D eigenvalue weighted by Crippen LogP contribution is -2.45. The Bertz CT molecular complexity index is 1210. The topological polar surface area (TPSA) is 66.9 Å². The molecule has 3 heterocycles. The van der Waals surface area contributed by atoms with Gasteiger partial charge in [-0.3, -0.25) is 9.88 Å². The number of fused-ring (bicyclic) bond motifs is 1. The largest absolute Gasteiger partial charge is 0.492 e. The van der Waals surface area contributed by atoms with E-state index in [1.807, 2.05) is 17.2 Å². The van der Waals surface area contributed by atoms with Gasteiger partial charge in [0.25, 0.3) is 0 Å². The van der Waals surface area contributed by atoms with Crippen LogP contribution in [0.3, 0.4) is 0 Å². The van der Waals surface area contributed by atoms with Crippen LogP contribution in [0.4, 0.5) is 4.79 Å². The molecule has 2 aromatic rings. The van der Waals surface area contributed by atoms with Gasteiger partial charge in [0, 0.05) is 62.5 Å². The molecule has 2 aliphatic carbocycles. The molecule has 2 aliphatic heterocycles. The molecule has 2 amide bonds. The molecule has 1 N–H and O–H groups in total. The van der Waals surface area contributed by atoms with Gasteiger partial charge in [-0.05, 0) is 54.2 Å². The molecule has 1 saturated carbocycles. The average molecular weight is 515 g/mol. The Morgan fingerprint density at radius 3 is 2.76 bits per heavy atom. The first-order chi connectivity index (χ1) is 18.7. The van der Waals surface area contributed by atoms with Crippen molar-refractivity contribution in [2.45, 2.75) is 44.6 Å². The highest BCUT2D eigenvalue weighted by molar-refractivity contribution is 5.86. The number of urea groups is 1. The van der Waals surface area contributed by atoms with Gasteiger partial charge in [0.05, 0.1) is 18.9 Å². The quantitative estimate of drug-likeness (QED) is 0.581. The molecule has 0 radical (unpaired) electrons. The van der Waals surface area contributed by atoms with Gasteiger partial charge in [-0.15, -0.1) is 0 Å². The van der Waals surface area contributed by atoms with Crippen LogP contribution in [0.5, 0.6) is 5.75 Å². The van der Waals surface area contributed by atoms with E-state index in [9.17, 15) is 4.79 Å². The molecule has 6 rings (SSSR count). The molecule has 7 heteroatoms. The zero-order chi connectivity index (χ0) is 25.7. The number of rotatable bonds is 7. The maximum atomic E-state index is 12.7. The minimum Gasteiger partial charge on any atom is -0.492 e. The molecule has 0 bridgehead atoms. The van der Waals surface area contributed by atoms with Crippen LogP contribution in [-0.4, -0.2) is 79.4 Å². The first kappa shape index (κ1) is 25.1. The Labute approximate surface area is 225 Å². The van der Waals surface area contributed by atoms with Crippen LogP contribution in [0.2, 0.25) is 0 Å². The number of hydrogen-bond donors (Lipinski definition) is 1. The van der Waals surface area contributed by atoms with E-state index < -0.39 is 0 Å². The van der Waals surface area contributed by atoms with Crippen molar-refractivity contribution in [3.05, 3.63) is 65.5 Å². The molecule has 2 fully saturated rings. The van der Waals surface area contributed by atoms with E-state index in [0.29, 0.717) is 19.2 Å². The van der Waals surface area contributed by atoms with Crippen molar-refractivity contribution in [1.82, 2.24) is 20.1 Å². The van der Waals surface area contributed by atoms with E-state index in [1.165, 1.54) is 29.6 Å². The van der Waals surface area contributed by atoms with Crippen molar-refractivity contribution in [3.8, 4) is 16.9 Å². The van der Waals surface area contributed by atoms with Crippen molar-refractivity contribution < 1.29 is 14.3 Å². The Kier molecular flexibility index (Phi) is 7.74. The summed E-state index contributed by atoms with van der Waals surface area (Å²) in [6.45, 7) is 6.57. The molecule has 200 valence electrons. The molecule has 0 atom stereocenters. The lowest BCUT2D eigenvalue weighted by atomic mass is 9.94. The van der Waals surface area contributed by atoms with Crippen LogP contribution < -0.4 is 10.1 Å². The van der Waals surface area contributed by atoms with Crippen molar-refractivity contribution in [2.75, 3.05) is 52.5 Å². The molecule has 38 heavy (non-hydrogen) atoms. The molecule has 0 spiro atoms. The number of carbonyl (C=O) groups excluding carboxylic acids is 1. The number of nitrogens with zero attached hydrogens (tertiary/aromatic N) is 3. The Morgan fingerprint density at radius 1 is 1.08 bits per heavy atom. The van der Waals surface area contributed by atoms with Crippen molar-refractivity contribution in [1.29, 1.82) is 0 Å². The third kappa shape index (κ3) is 5.79. The van der Waals surface area contributed by atoms with Gasteiger partial charge in [0.15, 0.2) is 0 Å². The first-order valence-corrected chi connectivity index (χ1v) is 14.2. The number of amides is 2. The highest BCUT2D eigenvalue weighted by atomic mass is 16.5. The van der Waals surface area contributed by atoms with Crippen molar-refractivity contribution in [3.63, 3.8) is 0 Å². The van der Waals surface area contributed by atoms with E-state index in [1.54, 1.807) is 0 Å². The van der Waals surface area contributed by atoms with Crippen LogP contribution in [0.1, 0.15) is 43.4 Å². The monoisotopic (exact) mass is 514 g/mol. The van der Waals surface area contributed by atoms with Crippen molar-refractivity contribution in [2.24, 2.45) is 0 Å². The molecular formula is C31H38N4O3. The summed E-state index contributed by atoms with van der Waals surface area (Å²) in [5.74, 6) is 0.887. The van der Waals surface area contributed by atoms with E-state index in [0.717, 1.165) is 87.6 Å². The molecule has 1 aromatic carbocycles. The minimum absolute atomic E-state index is 0.0870. The maximum Gasteiger partial charge on any atom is 0.317 e. The summed E-state index contributed by atoms with van der Waals surface area (Å²) in [7, 11) is 0. The third-order valence-corrected chi connectivity index (χ3v) is 8.23. The van der Waals surface area contributed by atoms with Gasteiger partial charge in [-0.25, -0.2) is 4.79 Å². The number of allylic oxidation sites excluding steroid dienone is 2. The van der Waals surface area contributed by atoms with Crippen LogP contribution in [0.15, 0.2) is 54.3 Å². The van der Waals surface area contributed by atoms with Gasteiger partial charge in [0.1, 0.15) is 12.4 Å². The fourth-order valence-electron chi connectivity index (χ4n) is 5.98. The summed E-state index contributed by atoms with van der Waals surface area (Å²) >= 11 is 0. The van der Waals surface area contributed by atoms with Crippen molar-refractivity contribution >= 4 is 11.6 Å². The van der Waals surface area contributed by atoms with E-state index in [-0.39, 0.29) is 6.03 Å². The van der Waals surface area contributed by atoms with Crippen LogP contribution in [0, 0.1) is 0 Å². The zero-order valence-electron chi connectivity index (χ0n) is 22.2. The predicted molar refractivity (Wildman–Crippen MR) is 149 cm³/mol. The molecular weight excluding hydrogens is 476 g/mol. The molecule has 1 saturated heterocycles. The number of morpholine rings is 1. The van der Waals surface area contributed by atoms with Crippen LogP contribution >= 0.6 is 0 Å². The van der Waals surface area contributed by atoms with Gasteiger partial charge in [-0.2, -0.15) is 0 Å². The van der Waals surface area contributed by atoms with E-state index in [2.05, 4.69) is 46.6 Å². The average Bonchev–Trinajstić information content (AvgIpc) is 3.63. The zero-order valence-corrected chi connectivity index (χ0v) is 22.2. The van der Waals surface area contributed by atoms with Crippen LogP contribution in [0.25, 0.3) is 16.7 Å². The normalized spacial score (nSPS) is 20.2. The second kappa shape index (κ2) is 11.7. The summed E-state index contributed by atoms with van der Waals surface area (Å²) in [5.41, 5.74) is 7.17. The molecule has 1 aromatic heterocycles. The van der Waals surface area contributed by atoms with Gasteiger partial charge in [-0.1, -0.05) is 37.1 Å². The summed E-state index contributed by atoms with van der Waals surface area (Å²) in [6, 6.07) is 11.0. The number of pyridine rings is 1. The minimum atomic E-state index is 0.0870. The smallest absolute Gasteiger partial charge is 0.317 e. The molecule has 7 nitrogen and oxygen atoms in total. The number of carbonyl (C=O) groups is 1. The Balaban J connectivity index is 1.10. The highest BCUT2D eigenvalue weighted by Crippen LogP contribution is 2.37. The Hall–Kier alpha value is -3.16. The Morgan fingerprint density at radius 2 is 1.95 bits per heavy atom. The third-order valence-electron chi connectivity index (χ3n) is 8.23. The SMILES string of the molecule is O=C(NC1CCCC1)N1CC=C(C2=CCc3ncc(-c4cccc(OCCN5CCOCC5)c4)cc32)CC1. The van der Waals surface area contributed by atoms with Crippen LogP contribution in [-0.2, 0) is 11.2 Å². The fraction of sp³-hybridized carbons (Fsp3) is 0.484. The standard InChI is InChI=1S/C31H38N4O3/c36-31(33-26-5-1-2-6-26)35-12-10-23(11-13-35)28-8-9-30-29(28)21-25(22-32-30)24-4-3-7-27(20-24)38-19-16-34-14-17-37-18-15-34/h3-4,7-8,10,20-22,26H,1-2,5-6,9,11-19H2,(H,33,36). The fourth-order valence-corrected chi connectivity index (χ4v) is 5.98. The summed E-state index contributed by atoms with van der Waals surface area (Å²) in [4.78, 5) is 21.8. The second-order valence-corrected chi connectivity index (χ2v) is 10.7. The predicted octanol–water partition coefficient (Wildman–Crippen LogP) is 4.68. The van der Waals surface area contributed by atoms with E-state index >= 15 is 0 Å². The van der Waals surface area contributed by atoms with E-state index in [4.69, 9.17) is 14.5 Å². The second-order valence-electron chi connectivity index (χ2n) is 10.7. The summed E-state index contributed by atoms with van der Waals surface area (Å²) in [5, 5.41) is 3.22. The maximum absolute atomic E-state index is 12.7. The summed E-state index contributed by atoms with van der Waals surface area (Å²) < 4.78 is 11.5. The highest BCUT2D eigenvalue weighted by Gasteiger charge is 2.25. The first-order valence-electron chi connectivity index (χ1n) is 14.2. The molecule has 0 unspecified atom stereocenters. The van der Waals surface area contributed by atoms with Gasteiger partial charge < -0.3 is 19.7 Å². The summed E-state index contributed by atoms with van der Waals surface area (Å²) in [6.07, 6.45) is 12.9. The number of nitrogens with one attached hydrogen (secondary N) is 1. The molecule has 4 aliphatic rings. The number of benzene rings is 1. The van der Waals surface area contributed by atoms with Gasteiger partial charge >= 0.3 is 6.03 Å². The lowest BCUT2D eigenvalue weighted by molar-refractivity contribution is 0.0322. The number of hydrogen-bond acceptors (Lipinski definition) is 5. The number of ether oxygens (including phenoxy) is 2. The van der Waals surface area contributed by atoms with Gasteiger partial charge in [0.2, 0.25) is 0 Å². The lowest BCUT2D eigenvalue weighted by Gasteiger charge is -2.28.